The van der Waals surface area contributed by atoms with Gasteiger partial charge in [0.1, 0.15) is 22.2 Å². The van der Waals surface area contributed by atoms with Crippen LogP contribution in [0.2, 0.25) is 0 Å². The van der Waals surface area contributed by atoms with Crippen LogP contribution in [0, 0.1) is 5.82 Å². The Balaban J connectivity index is 1.80. The minimum atomic E-state index is -3.95. The van der Waals surface area contributed by atoms with Crippen LogP contribution in [0.15, 0.2) is 51.9 Å². The second-order valence-corrected chi connectivity index (χ2v) is 7.07. The number of hydrogen-bond donors (Lipinski definition) is 1. The van der Waals surface area contributed by atoms with E-state index >= 15 is 0 Å². The third kappa shape index (κ3) is 4.07. The molecular formula is C17H16FN3O5S. The number of benzene rings is 2. The van der Waals surface area contributed by atoms with Crippen LogP contribution in [0.4, 0.5) is 4.39 Å². The lowest BCUT2D eigenvalue weighted by atomic mass is 10.2. The van der Waals surface area contributed by atoms with Crippen LogP contribution in [0.3, 0.4) is 0 Å². The van der Waals surface area contributed by atoms with E-state index in [1.165, 1.54) is 44.6 Å². The Bertz CT molecular complexity index is 1050. The van der Waals surface area contributed by atoms with E-state index in [-0.39, 0.29) is 34.5 Å². The zero-order chi connectivity index (χ0) is 19.4. The Hall–Kier alpha value is -2.98. The van der Waals surface area contributed by atoms with E-state index in [0.29, 0.717) is 5.75 Å². The summed E-state index contributed by atoms with van der Waals surface area (Å²) < 4.78 is 56.4. The average Bonchev–Trinajstić information content (AvgIpc) is 3.15. The summed E-state index contributed by atoms with van der Waals surface area (Å²) >= 11 is 0. The van der Waals surface area contributed by atoms with Crippen molar-refractivity contribution in [1.29, 1.82) is 0 Å². The normalized spacial score (nSPS) is 11.4. The van der Waals surface area contributed by atoms with Gasteiger partial charge in [0.05, 0.1) is 26.3 Å². The second kappa shape index (κ2) is 7.72. The third-order valence-electron chi connectivity index (χ3n) is 3.66. The molecule has 27 heavy (non-hydrogen) atoms. The highest BCUT2D eigenvalue weighted by molar-refractivity contribution is 7.89. The highest BCUT2D eigenvalue weighted by Crippen LogP contribution is 2.28. The number of aromatic nitrogens is 2. The van der Waals surface area contributed by atoms with Gasteiger partial charge in [-0.15, -0.1) is 0 Å². The molecule has 0 fully saturated rings. The molecule has 0 saturated carbocycles. The van der Waals surface area contributed by atoms with Crippen LogP contribution in [-0.4, -0.2) is 32.8 Å². The summed E-state index contributed by atoms with van der Waals surface area (Å²) in [7, 11) is -1.17. The number of halogens is 1. The average molecular weight is 393 g/mol. The van der Waals surface area contributed by atoms with Crippen molar-refractivity contribution in [2.24, 2.45) is 0 Å². The van der Waals surface area contributed by atoms with Crippen LogP contribution < -0.4 is 14.2 Å². The number of ether oxygens (including phenoxy) is 2. The molecule has 0 spiro atoms. The Morgan fingerprint density at radius 1 is 1.15 bits per heavy atom. The van der Waals surface area contributed by atoms with Gasteiger partial charge in [-0.2, -0.15) is 4.98 Å². The summed E-state index contributed by atoms with van der Waals surface area (Å²) in [6.45, 7) is -0.274. The molecule has 0 radical (unpaired) electrons. The van der Waals surface area contributed by atoms with Crippen molar-refractivity contribution in [2.75, 3.05) is 14.2 Å². The topological polar surface area (TPSA) is 104 Å². The lowest BCUT2D eigenvalue weighted by molar-refractivity contribution is 0.374. The Labute approximate surface area is 155 Å². The maximum Gasteiger partial charge on any atom is 0.244 e. The van der Waals surface area contributed by atoms with Gasteiger partial charge in [0, 0.05) is 6.07 Å². The monoisotopic (exact) mass is 393 g/mol. The quantitative estimate of drug-likeness (QED) is 0.657. The number of rotatable bonds is 7. The zero-order valence-corrected chi connectivity index (χ0v) is 15.3. The summed E-state index contributed by atoms with van der Waals surface area (Å²) in [5.74, 6) is 0.0168. The summed E-state index contributed by atoms with van der Waals surface area (Å²) in [6, 6.07) is 10.3. The number of methoxy groups -OCH3 is 2. The molecule has 0 aliphatic heterocycles. The maximum atomic E-state index is 13.8. The van der Waals surface area contributed by atoms with Crippen LogP contribution >= 0.6 is 0 Å². The fourth-order valence-corrected chi connectivity index (χ4v) is 3.46. The smallest absolute Gasteiger partial charge is 0.244 e. The predicted octanol–water partition coefficient (Wildman–Crippen LogP) is 2.37. The molecule has 1 N–H and O–H groups in total. The third-order valence-corrected chi connectivity index (χ3v) is 5.08. The number of nitrogens with zero attached hydrogens (tertiary/aromatic N) is 2. The van der Waals surface area contributed by atoms with Crippen LogP contribution in [0.25, 0.3) is 11.4 Å². The molecule has 2 aromatic carbocycles. The first-order valence-electron chi connectivity index (χ1n) is 7.74. The lowest BCUT2D eigenvalue weighted by Crippen LogP contribution is -2.24. The minimum Gasteiger partial charge on any atom is -0.497 e. The highest BCUT2D eigenvalue weighted by Gasteiger charge is 2.22. The van der Waals surface area contributed by atoms with Gasteiger partial charge in [-0.3, -0.25) is 0 Å². The molecule has 10 heteroatoms. The van der Waals surface area contributed by atoms with Crippen molar-refractivity contribution in [3.63, 3.8) is 0 Å². The lowest BCUT2D eigenvalue weighted by Gasteiger charge is -2.11. The summed E-state index contributed by atoms with van der Waals surface area (Å²) in [5.41, 5.74) is 0.157. The van der Waals surface area contributed by atoms with Crippen molar-refractivity contribution < 1.29 is 26.8 Å². The molecule has 0 atom stereocenters. The number of nitrogens with one attached hydrogen (secondary N) is 1. The van der Waals surface area contributed by atoms with Gasteiger partial charge < -0.3 is 14.0 Å². The number of hydrogen-bond acceptors (Lipinski definition) is 7. The van der Waals surface area contributed by atoms with Gasteiger partial charge in [-0.05, 0) is 24.3 Å². The van der Waals surface area contributed by atoms with Gasteiger partial charge in [0.2, 0.25) is 21.7 Å². The zero-order valence-electron chi connectivity index (χ0n) is 14.5. The first-order chi connectivity index (χ1) is 12.9. The second-order valence-electron chi connectivity index (χ2n) is 5.33. The van der Waals surface area contributed by atoms with E-state index in [0.717, 1.165) is 0 Å². The molecule has 0 saturated heterocycles. The van der Waals surface area contributed by atoms with Gasteiger partial charge in [0.15, 0.2) is 0 Å². The SMILES string of the molecule is COc1ccc(OC)c(S(=O)(=O)NCc2nc(-c3ccccc3F)no2)c1. The Kier molecular flexibility index (Phi) is 5.38. The molecule has 1 heterocycles. The van der Waals surface area contributed by atoms with Crippen molar-refractivity contribution in [1.82, 2.24) is 14.9 Å². The Morgan fingerprint density at radius 2 is 1.93 bits per heavy atom. The fraction of sp³-hybridized carbons (Fsp3) is 0.176. The molecule has 1 aromatic heterocycles. The van der Waals surface area contributed by atoms with E-state index in [2.05, 4.69) is 14.9 Å². The van der Waals surface area contributed by atoms with Crippen molar-refractivity contribution in [3.05, 3.63) is 54.2 Å². The number of sulfonamides is 1. The molecule has 0 aliphatic rings. The molecule has 3 aromatic rings. The van der Waals surface area contributed by atoms with E-state index in [4.69, 9.17) is 14.0 Å². The Morgan fingerprint density at radius 3 is 2.63 bits per heavy atom. The minimum absolute atomic E-state index is 0.0151. The molecule has 3 rings (SSSR count). The van der Waals surface area contributed by atoms with Gasteiger partial charge >= 0.3 is 0 Å². The van der Waals surface area contributed by atoms with Crippen LogP contribution in [-0.2, 0) is 16.6 Å². The van der Waals surface area contributed by atoms with E-state index in [1.807, 2.05) is 0 Å². The van der Waals surface area contributed by atoms with Crippen LogP contribution in [0.1, 0.15) is 5.89 Å². The van der Waals surface area contributed by atoms with Gasteiger partial charge in [0.25, 0.3) is 0 Å². The first kappa shape index (κ1) is 18.8. The van der Waals surface area contributed by atoms with Crippen LogP contribution in [0.5, 0.6) is 11.5 Å². The molecule has 0 amide bonds. The van der Waals surface area contributed by atoms with Crippen molar-refractivity contribution in [3.8, 4) is 22.9 Å². The van der Waals surface area contributed by atoms with E-state index in [9.17, 15) is 12.8 Å². The molecule has 142 valence electrons. The molecule has 0 aliphatic carbocycles. The molecule has 0 unspecified atom stereocenters. The fourth-order valence-electron chi connectivity index (χ4n) is 2.31. The van der Waals surface area contributed by atoms with Gasteiger partial charge in [-0.25, -0.2) is 17.5 Å². The highest BCUT2D eigenvalue weighted by atomic mass is 32.2. The van der Waals surface area contributed by atoms with Crippen molar-refractivity contribution in [2.45, 2.75) is 11.4 Å². The largest absolute Gasteiger partial charge is 0.497 e. The van der Waals surface area contributed by atoms with E-state index in [1.54, 1.807) is 12.1 Å². The molecular weight excluding hydrogens is 377 g/mol. The first-order valence-corrected chi connectivity index (χ1v) is 9.22. The predicted molar refractivity (Wildman–Crippen MR) is 93.3 cm³/mol. The maximum absolute atomic E-state index is 13.8. The molecule has 0 bridgehead atoms. The summed E-state index contributed by atoms with van der Waals surface area (Å²) in [6.07, 6.45) is 0. The van der Waals surface area contributed by atoms with E-state index < -0.39 is 15.8 Å². The summed E-state index contributed by atoms with van der Waals surface area (Å²) in [4.78, 5) is 3.91. The standard InChI is InChI=1S/C17H16FN3O5S/c1-24-11-7-8-14(25-2)15(9-11)27(22,23)19-10-16-20-17(21-26-16)12-5-3-4-6-13(12)18/h3-9,19H,10H2,1-2H3. The van der Waals surface area contributed by atoms with Gasteiger partial charge in [-0.1, -0.05) is 17.3 Å². The molecule has 8 nitrogen and oxygen atoms in total. The van der Waals surface area contributed by atoms with Crippen molar-refractivity contribution >= 4 is 10.0 Å². The summed E-state index contributed by atoms with van der Waals surface area (Å²) in [5, 5.41) is 3.68.